The summed E-state index contributed by atoms with van der Waals surface area (Å²) in [5, 5.41) is 0. The zero-order valence-electron chi connectivity index (χ0n) is 10.7. The molecule has 0 saturated carbocycles. The fourth-order valence-corrected chi connectivity index (χ4v) is 2.50. The highest BCUT2D eigenvalue weighted by Crippen LogP contribution is 2.19. The molecule has 0 radical (unpaired) electrons. The van der Waals surface area contributed by atoms with Crippen LogP contribution in [0, 0.1) is 11.6 Å². The van der Waals surface area contributed by atoms with Gasteiger partial charge in [-0.05, 0) is 58.1 Å². The van der Waals surface area contributed by atoms with Crippen LogP contribution in [0.1, 0.15) is 11.1 Å². The van der Waals surface area contributed by atoms with Gasteiger partial charge in [0.15, 0.2) is 0 Å². The fourth-order valence-electron chi connectivity index (χ4n) is 2.07. The van der Waals surface area contributed by atoms with Crippen LogP contribution in [-0.2, 0) is 12.8 Å². The zero-order valence-corrected chi connectivity index (χ0v) is 12.3. The van der Waals surface area contributed by atoms with Gasteiger partial charge in [0.2, 0.25) is 0 Å². The smallest absolute Gasteiger partial charge is 0.137 e. The van der Waals surface area contributed by atoms with Gasteiger partial charge in [-0.15, -0.1) is 0 Å². The summed E-state index contributed by atoms with van der Waals surface area (Å²) in [6.45, 7) is 0. The Bertz CT molecular complexity index is 590. The molecule has 3 N–H and O–H groups in total. The van der Waals surface area contributed by atoms with Gasteiger partial charge in [-0.1, -0.05) is 24.3 Å². The van der Waals surface area contributed by atoms with E-state index < -0.39 is 0 Å². The van der Waals surface area contributed by atoms with Gasteiger partial charge in [-0.3, -0.25) is 11.3 Å². The van der Waals surface area contributed by atoms with Crippen LogP contribution in [0.5, 0.6) is 0 Å². The number of benzene rings is 2. The molecule has 1 atom stereocenters. The summed E-state index contributed by atoms with van der Waals surface area (Å²) < 4.78 is 27.2. The Morgan fingerprint density at radius 1 is 1.05 bits per heavy atom. The lowest BCUT2D eigenvalue weighted by atomic mass is 9.99. The van der Waals surface area contributed by atoms with Crippen molar-refractivity contribution >= 4 is 15.9 Å². The van der Waals surface area contributed by atoms with Crippen LogP contribution in [0.15, 0.2) is 46.9 Å². The average molecular weight is 341 g/mol. The van der Waals surface area contributed by atoms with Crippen molar-refractivity contribution in [2.75, 3.05) is 0 Å². The lowest BCUT2D eigenvalue weighted by molar-refractivity contribution is 0.506. The van der Waals surface area contributed by atoms with E-state index in [2.05, 4.69) is 21.4 Å². The number of rotatable bonds is 5. The third-order valence-electron chi connectivity index (χ3n) is 3.13. The first-order valence-electron chi connectivity index (χ1n) is 6.23. The summed E-state index contributed by atoms with van der Waals surface area (Å²) in [5.41, 5.74) is 4.22. The number of hydrogen-bond acceptors (Lipinski definition) is 2. The van der Waals surface area contributed by atoms with E-state index >= 15 is 0 Å². The number of halogens is 3. The maximum Gasteiger partial charge on any atom is 0.137 e. The van der Waals surface area contributed by atoms with Gasteiger partial charge < -0.3 is 0 Å². The summed E-state index contributed by atoms with van der Waals surface area (Å²) in [4.78, 5) is 0. The summed E-state index contributed by atoms with van der Waals surface area (Å²) in [6, 6.07) is 11.3. The predicted octanol–water partition coefficient (Wildman–Crippen LogP) is 3.34. The standard InChI is InChI=1S/C15H15BrF2N2/c16-13-8-10(5-6-15(13)18)7-12(20-19)9-11-3-1-2-4-14(11)17/h1-6,8,12,20H,7,9,19H2. The lowest BCUT2D eigenvalue weighted by Gasteiger charge is -2.16. The number of hydrazine groups is 1. The normalized spacial score (nSPS) is 12.4. The van der Waals surface area contributed by atoms with Crippen molar-refractivity contribution in [1.29, 1.82) is 0 Å². The summed E-state index contributed by atoms with van der Waals surface area (Å²) >= 11 is 3.15. The van der Waals surface area contributed by atoms with Crippen molar-refractivity contribution in [1.82, 2.24) is 5.43 Å². The maximum atomic E-state index is 13.6. The molecule has 0 spiro atoms. The molecule has 0 amide bonds. The topological polar surface area (TPSA) is 38.0 Å². The van der Waals surface area contributed by atoms with Crippen molar-refractivity contribution in [2.45, 2.75) is 18.9 Å². The van der Waals surface area contributed by atoms with E-state index in [1.165, 1.54) is 12.1 Å². The van der Waals surface area contributed by atoms with Crippen molar-refractivity contribution < 1.29 is 8.78 Å². The number of nitrogens with two attached hydrogens (primary N) is 1. The minimum atomic E-state index is -0.305. The Balaban J connectivity index is 2.09. The molecule has 0 fully saturated rings. The molecule has 2 rings (SSSR count). The second-order valence-corrected chi connectivity index (χ2v) is 5.47. The Hall–Kier alpha value is -1.30. The molecule has 1 unspecified atom stereocenters. The fraction of sp³-hybridized carbons (Fsp3) is 0.200. The van der Waals surface area contributed by atoms with Gasteiger partial charge >= 0.3 is 0 Å². The molecule has 0 aromatic heterocycles. The van der Waals surface area contributed by atoms with E-state index in [1.807, 2.05) is 0 Å². The molecule has 0 aliphatic heterocycles. The largest absolute Gasteiger partial charge is 0.271 e. The lowest BCUT2D eigenvalue weighted by Crippen LogP contribution is -2.38. The van der Waals surface area contributed by atoms with Crippen LogP contribution in [0.2, 0.25) is 0 Å². The van der Waals surface area contributed by atoms with Crippen LogP contribution in [0.4, 0.5) is 8.78 Å². The molecule has 0 bridgehead atoms. The van der Waals surface area contributed by atoms with Gasteiger partial charge in [-0.2, -0.15) is 0 Å². The molecule has 0 aliphatic rings. The quantitative estimate of drug-likeness (QED) is 0.647. The number of nitrogens with one attached hydrogen (secondary N) is 1. The predicted molar refractivity (Wildman–Crippen MR) is 79.0 cm³/mol. The van der Waals surface area contributed by atoms with Crippen molar-refractivity contribution in [3.8, 4) is 0 Å². The summed E-state index contributed by atoms with van der Waals surface area (Å²) in [5.74, 6) is 4.98. The minimum absolute atomic E-state index is 0.121. The van der Waals surface area contributed by atoms with Crippen LogP contribution < -0.4 is 11.3 Å². The minimum Gasteiger partial charge on any atom is -0.271 e. The van der Waals surface area contributed by atoms with Gasteiger partial charge in [-0.25, -0.2) is 8.78 Å². The highest BCUT2D eigenvalue weighted by molar-refractivity contribution is 9.10. The van der Waals surface area contributed by atoms with Crippen LogP contribution >= 0.6 is 15.9 Å². The molecular formula is C15H15BrF2N2. The van der Waals surface area contributed by atoms with E-state index in [9.17, 15) is 8.78 Å². The van der Waals surface area contributed by atoms with E-state index in [0.717, 1.165) is 5.56 Å². The molecule has 0 heterocycles. The summed E-state index contributed by atoms with van der Waals surface area (Å²) in [7, 11) is 0. The van der Waals surface area contributed by atoms with Gasteiger partial charge in [0.25, 0.3) is 0 Å². The van der Waals surface area contributed by atoms with E-state index in [1.54, 1.807) is 30.3 Å². The van der Waals surface area contributed by atoms with Crippen molar-refractivity contribution in [3.63, 3.8) is 0 Å². The van der Waals surface area contributed by atoms with Gasteiger partial charge in [0.1, 0.15) is 11.6 Å². The highest BCUT2D eigenvalue weighted by atomic mass is 79.9. The Morgan fingerprint density at radius 2 is 1.80 bits per heavy atom. The Labute approximate surface area is 125 Å². The molecule has 2 nitrogen and oxygen atoms in total. The van der Waals surface area contributed by atoms with Crippen molar-refractivity contribution in [2.24, 2.45) is 5.84 Å². The molecule has 106 valence electrons. The number of hydrogen-bond donors (Lipinski definition) is 2. The summed E-state index contributed by atoms with van der Waals surface area (Å²) in [6.07, 6.45) is 1.06. The first-order valence-corrected chi connectivity index (χ1v) is 7.03. The maximum absolute atomic E-state index is 13.6. The Morgan fingerprint density at radius 3 is 2.45 bits per heavy atom. The van der Waals surface area contributed by atoms with Gasteiger partial charge in [0, 0.05) is 6.04 Å². The molecule has 0 saturated heterocycles. The first-order chi connectivity index (χ1) is 9.60. The van der Waals surface area contributed by atoms with Gasteiger partial charge in [0.05, 0.1) is 4.47 Å². The molecule has 5 heteroatoms. The second-order valence-electron chi connectivity index (χ2n) is 4.61. The molecule has 20 heavy (non-hydrogen) atoms. The monoisotopic (exact) mass is 340 g/mol. The van der Waals surface area contributed by atoms with Crippen LogP contribution in [0.25, 0.3) is 0 Å². The average Bonchev–Trinajstić information content (AvgIpc) is 2.44. The van der Waals surface area contributed by atoms with E-state index in [0.29, 0.717) is 22.9 Å². The molecule has 2 aromatic carbocycles. The molecule has 2 aromatic rings. The Kier molecular flexibility index (Phi) is 5.23. The second kappa shape index (κ2) is 6.92. The van der Waals surface area contributed by atoms with Crippen LogP contribution in [-0.4, -0.2) is 6.04 Å². The zero-order chi connectivity index (χ0) is 14.5. The molecule has 0 aliphatic carbocycles. The van der Waals surface area contributed by atoms with E-state index in [4.69, 9.17) is 5.84 Å². The van der Waals surface area contributed by atoms with Crippen molar-refractivity contribution in [3.05, 3.63) is 69.7 Å². The third-order valence-corrected chi connectivity index (χ3v) is 3.73. The molecular weight excluding hydrogens is 326 g/mol. The SMILES string of the molecule is NNC(Cc1ccc(F)c(Br)c1)Cc1ccccc1F. The third kappa shape index (κ3) is 3.85. The van der Waals surface area contributed by atoms with Crippen LogP contribution in [0.3, 0.4) is 0 Å². The highest BCUT2D eigenvalue weighted by Gasteiger charge is 2.12. The first kappa shape index (κ1) is 15.1. The van der Waals surface area contributed by atoms with E-state index in [-0.39, 0.29) is 17.7 Å².